The SMILES string of the molecule is C[Si](C)(C)C(N=[N+]=[N-])[Si](C)(C)C. The summed E-state index contributed by atoms with van der Waals surface area (Å²) in [5, 5.41) is 4.29. The molecule has 0 saturated carbocycles. The molecule has 0 radical (unpaired) electrons. The Morgan fingerprint density at radius 3 is 1.42 bits per heavy atom. The third-order valence-corrected chi connectivity index (χ3v) is 10.5. The quantitative estimate of drug-likeness (QED) is 0.291. The summed E-state index contributed by atoms with van der Waals surface area (Å²) < 4.78 is 0. The van der Waals surface area contributed by atoms with E-state index < -0.39 is 16.1 Å². The highest BCUT2D eigenvalue weighted by Gasteiger charge is 2.36. The van der Waals surface area contributed by atoms with Crippen molar-refractivity contribution in [2.75, 3.05) is 0 Å². The van der Waals surface area contributed by atoms with Crippen LogP contribution in [0.1, 0.15) is 0 Å². The van der Waals surface area contributed by atoms with Crippen LogP contribution in [-0.2, 0) is 0 Å². The zero-order chi connectivity index (χ0) is 9.99. The molecule has 5 heteroatoms. The maximum absolute atomic E-state index is 8.47. The largest absolute Gasteiger partial charge is 0.0965 e. The Morgan fingerprint density at radius 1 is 1.00 bits per heavy atom. The molecule has 0 bridgehead atoms. The van der Waals surface area contributed by atoms with E-state index >= 15 is 0 Å². The molecule has 0 amide bonds. The molecule has 0 unspecified atom stereocenters. The Bertz CT molecular complexity index is 182. The first kappa shape index (κ1) is 11.7. The molecule has 0 aliphatic rings. The second-order valence-electron chi connectivity index (χ2n) is 5.34. The summed E-state index contributed by atoms with van der Waals surface area (Å²) in [5.74, 6) is 0. The van der Waals surface area contributed by atoms with Crippen LogP contribution in [0.15, 0.2) is 5.11 Å². The molecular weight excluding hydrogens is 182 g/mol. The molecule has 0 saturated heterocycles. The minimum Gasteiger partial charge on any atom is -0.0965 e. The van der Waals surface area contributed by atoms with Crippen molar-refractivity contribution in [2.24, 2.45) is 5.11 Å². The van der Waals surface area contributed by atoms with Crippen LogP contribution in [0.2, 0.25) is 39.3 Å². The number of azide groups is 1. The molecule has 0 aromatic carbocycles. The average molecular weight is 201 g/mol. The lowest BCUT2D eigenvalue weighted by molar-refractivity contribution is 1.10. The van der Waals surface area contributed by atoms with Gasteiger partial charge < -0.3 is 0 Å². The van der Waals surface area contributed by atoms with Crippen molar-refractivity contribution in [1.29, 1.82) is 0 Å². The van der Waals surface area contributed by atoms with Crippen LogP contribution in [0, 0.1) is 0 Å². The maximum atomic E-state index is 8.47. The molecule has 0 aromatic heterocycles. The second-order valence-corrected chi connectivity index (χ2v) is 16.5. The van der Waals surface area contributed by atoms with E-state index in [1.807, 2.05) is 0 Å². The van der Waals surface area contributed by atoms with Gasteiger partial charge in [-0.3, -0.25) is 0 Å². The standard InChI is InChI=1S/C7H19N3Si2/c1-11(2,3)7(9-10-8)12(4,5)6/h7H,1-6H3. The van der Waals surface area contributed by atoms with Crippen molar-refractivity contribution >= 4 is 16.1 Å². The summed E-state index contributed by atoms with van der Waals surface area (Å²) in [4.78, 5) is 2.96. The molecular formula is C7H19N3Si2. The average Bonchev–Trinajstić information content (AvgIpc) is 1.77. The number of hydrogen-bond donors (Lipinski definition) is 0. The zero-order valence-corrected chi connectivity index (χ0v) is 10.9. The van der Waals surface area contributed by atoms with Crippen molar-refractivity contribution in [3.05, 3.63) is 10.4 Å². The molecule has 0 aromatic rings. The minimum atomic E-state index is -1.30. The van der Waals surface area contributed by atoms with Gasteiger partial charge in [-0.1, -0.05) is 44.4 Å². The lowest BCUT2D eigenvalue weighted by Gasteiger charge is -2.34. The van der Waals surface area contributed by atoms with Gasteiger partial charge in [0.25, 0.3) is 0 Å². The first-order valence-electron chi connectivity index (χ1n) is 4.24. The lowest BCUT2D eigenvalue weighted by atomic mass is 11.4. The van der Waals surface area contributed by atoms with Gasteiger partial charge >= 0.3 is 0 Å². The highest BCUT2D eigenvalue weighted by Crippen LogP contribution is 2.22. The van der Waals surface area contributed by atoms with E-state index in [-0.39, 0.29) is 0 Å². The molecule has 0 rings (SSSR count). The highest BCUT2D eigenvalue weighted by atomic mass is 28.4. The second kappa shape index (κ2) is 3.64. The van der Waals surface area contributed by atoms with Gasteiger partial charge in [-0.2, -0.15) is 0 Å². The minimum absolute atomic E-state index is 0.315. The molecule has 3 nitrogen and oxygen atoms in total. The Labute approximate surface area is 76.8 Å². The van der Waals surface area contributed by atoms with Crippen LogP contribution in [0.3, 0.4) is 0 Å². The number of rotatable bonds is 3. The van der Waals surface area contributed by atoms with Crippen molar-refractivity contribution in [3.63, 3.8) is 0 Å². The van der Waals surface area contributed by atoms with Crippen LogP contribution in [0.5, 0.6) is 0 Å². The summed E-state index contributed by atoms with van der Waals surface area (Å²) in [7, 11) is -2.60. The van der Waals surface area contributed by atoms with E-state index in [1.54, 1.807) is 0 Å². The first-order chi connectivity index (χ1) is 5.19. The predicted molar refractivity (Wildman–Crippen MR) is 59.6 cm³/mol. The zero-order valence-electron chi connectivity index (χ0n) is 8.92. The summed E-state index contributed by atoms with van der Waals surface area (Å²) in [6.07, 6.45) is 0. The van der Waals surface area contributed by atoms with Crippen molar-refractivity contribution in [1.82, 2.24) is 0 Å². The van der Waals surface area contributed by atoms with Gasteiger partial charge in [-0.05, 0) is 5.53 Å². The van der Waals surface area contributed by atoms with E-state index in [2.05, 4.69) is 49.3 Å². The van der Waals surface area contributed by atoms with E-state index in [1.165, 1.54) is 0 Å². The molecule has 0 fully saturated rings. The van der Waals surface area contributed by atoms with Crippen LogP contribution >= 0.6 is 0 Å². The van der Waals surface area contributed by atoms with Crippen molar-refractivity contribution < 1.29 is 0 Å². The van der Waals surface area contributed by atoms with E-state index in [0.29, 0.717) is 5.29 Å². The molecule has 0 N–H and O–H groups in total. The maximum Gasteiger partial charge on any atom is 0.0518 e. The molecule has 0 heterocycles. The van der Waals surface area contributed by atoms with E-state index in [4.69, 9.17) is 5.53 Å². The first-order valence-corrected chi connectivity index (χ1v) is 11.4. The van der Waals surface area contributed by atoms with E-state index in [9.17, 15) is 0 Å². The summed E-state index contributed by atoms with van der Waals surface area (Å²) >= 11 is 0. The lowest BCUT2D eigenvalue weighted by Crippen LogP contribution is -2.52. The van der Waals surface area contributed by atoms with Crippen LogP contribution < -0.4 is 0 Å². The monoisotopic (exact) mass is 201 g/mol. The molecule has 12 heavy (non-hydrogen) atoms. The fraction of sp³-hybridized carbons (Fsp3) is 1.00. The van der Waals surface area contributed by atoms with Gasteiger partial charge in [-0.15, -0.1) is 0 Å². The van der Waals surface area contributed by atoms with Gasteiger partial charge in [-0.25, -0.2) is 0 Å². The number of hydrogen-bond acceptors (Lipinski definition) is 1. The molecule has 0 atom stereocenters. The van der Waals surface area contributed by atoms with E-state index in [0.717, 1.165) is 0 Å². The number of nitrogens with zero attached hydrogens (tertiary/aromatic N) is 3. The summed E-state index contributed by atoms with van der Waals surface area (Å²) in [5.41, 5.74) is 8.47. The molecule has 70 valence electrons. The Hall–Kier alpha value is -0.256. The van der Waals surface area contributed by atoms with Crippen LogP contribution in [0.25, 0.3) is 10.4 Å². The Morgan fingerprint density at radius 2 is 1.33 bits per heavy atom. The van der Waals surface area contributed by atoms with Crippen LogP contribution in [0.4, 0.5) is 0 Å². The van der Waals surface area contributed by atoms with Gasteiger partial charge in [0, 0.05) is 10.2 Å². The smallest absolute Gasteiger partial charge is 0.0518 e. The Balaban J connectivity index is 4.81. The molecule has 0 aliphatic carbocycles. The highest BCUT2D eigenvalue weighted by molar-refractivity contribution is 6.96. The summed E-state index contributed by atoms with van der Waals surface area (Å²) in [6.45, 7) is 13.6. The van der Waals surface area contributed by atoms with Crippen LogP contribution in [-0.4, -0.2) is 21.4 Å². The third-order valence-electron chi connectivity index (χ3n) is 1.81. The fourth-order valence-corrected chi connectivity index (χ4v) is 12.9. The Kier molecular flexibility index (Phi) is 3.56. The van der Waals surface area contributed by atoms with Gasteiger partial charge in [0.2, 0.25) is 0 Å². The predicted octanol–water partition coefficient (Wildman–Crippen LogP) is 3.42. The fourth-order valence-electron chi connectivity index (χ4n) is 1.70. The van der Waals surface area contributed by atoms with Gasteiger partial charge in [0.15, 0.2) is 0 Å². The third kappa shape index (κ3) is 3.43. The molecule has 0 spiro atoms. The molecule has 0 aliphatic heterocycles. The van der Waals surface area contributed by atoms with Crippen molar-refractivity contribution in [3.8, 4) is 0 Å². The van der Waals surface area contributed by atoms with Gasteiger partial charge in [0.1, 0.15) is 0 Å². The van der Waals surface area contributed by atoms with Gasteiger partial charge in [0.05, 0.1) is 16.1 Å². The normalized spacial score (nSPS) is 12.9. The summed E-state index contributed by atoms with van der Waals surface area (Å²) in [6, 6.07) is 0. The topological polar surface area (TPSA) is 48.8 Å². The van der Waals surface area contributed by atoms with Crippen molar-refractivity contribution in [2.45, 2.75) is 44.6 Å².